The van der Waals surface area contributed by atoms with E-state index in [2.05, 4.69) is 0 Å². The first kappa shape index (κ1) is 12.8. The fourth-order valence-electron chi connectivity index (χ4n) is 1.28. The van der Waals surface area contributed by atoms with Gasteiger partial charge in [0.15, 0.2) is 11.5 Å². The Bertz CT molecular complexity index is 456. The molecule has 0 aromatic heterocycles. The Morgan fingerprint density at radius 1 is 1.19 bits per heavy atom. The molecule has 6 heteroatoms. The third kappa shape index (κ3) is 3.69. The summed E-state index contributed by atoms with van der Waals surface area (Å²) in [5.41, 5.74) is 0.680. The fraction of sp³-hybridized carbons (Fsp3) is 0.400. The highest BCUT2D eigenvalue weighted by Gasteiger charge is 2.09. The molecule has 1 aromatic carbocycles. The first-order valence-electron chi connectivity index (χ1n) is 4.59. The SMILES string of the molecule is COc1ccc(CCS(=O)(=O)F)cc1OC. The van der Waals surface area contributed by atoms with Crippen LogP contribution >= 0.6 is 0 Å². The fourth-order valence-corrected chi connectivity index (χ4v) is 1.76. The summed E-state index contributed by atoms with van der Waals surface area (Å²) in [6.45, 7) is 0. The van der Waals surface area contributed by atoms with Crippen molar-refractivity contribution in [2.45, 2.75) is 6.42 Å². The first-order valence-corrected chi connectivity index (χ1v) is 6.15. The van der Waals surface area contributed by atoms with Crippen LogP contribution in [0.25, 0.3) is 0 Å². The summed E-state index contributed by atoms with van der Waals surface area (Å²) in [7, 11) is -1.45. The molecule has 0 aliphatic rings. The molecule has 1 rings (SSSR count). The number of ether oxygens (including phenoxy) is 2. The van der Waals surface area contributed by atoms with Gasteiger partial charge in [0, 0.05) is 0 Å². The molecule has 0 unspecified atom stereocenters. The van der Waals surface area contributed by atoms with Gasteiger partial charge in [0.25, 0.3) is 0 Å². The molecule has 0 atom stereocenters. The van der Waals surface area contributed by atoms with E-state index in [1.165, 1.54) is 14.2 Å². The van der Waals surface area contributed by atoms with E-state index >= 15 is 0 Å². The van der Waals surface area contributed by atoms with Crippen LogP contribution in [0.5, 0.6) is 11.5 Å². The standard InChI is InChI=1S/C10H13FO4S/c1-14-9-4-3-8(7-10(9)15-2)5-6-16(11,12)13/h3-4,7H,5-6H2,1-2H3. The number of rotatable bonds is 5. The van der Waals surface area contributed by atoms with Gasteiger partial charge in [-0.25, -0.2) is 0 Å². The van der Waals surface area contributed by atoms with Gasteiger partial charge in [-0.3, -0.25) is 0 Å². The minimum absolute atomic E-state index is 0.110. The maximum Gasteiger partial charge on any atom is 0.302 e. The summed E-state index contributed by atoms with van der Waals surface area (Å²) >= 11 is 0. The molecule has 0 amide bonds. The van der Waals surface area contributed by atoms with Crippen LogP contribution in [0.3, 0.4) is 0 Å². The molecule has 4 nitrogen and oxygen atoms in total. The lowest BCUT2D eigenvalue weighted by Crippen LogP contribution is -2.02. The second-order valence-corrected chi connectivity index (χ2v) is 4.67. The van der Waals surface area contributed by atoms with Gasteiger partial charge in [0.05, 0.1) is 20.0 Å². The Balaban J connectivity index is 2.83. The number of methoxy groups -OCH3 is 2. The normalized spacial score (nSPS) is 11.2. The summed E-state index contributed by atoms with van der Waals surface area (Å²) in [5, 5.41) is 0. The number of aryl methyl sites for hydroxylation is 1. The lowest BCUT2D eigenvalue weighted by Gasteiger charge is -2.08. The second-order valence-electron chi connectivity index (χ2n) is 3.18. The summed E-state index contributed by atoms with van der Waals surface area (Å²) in [5.74, 6) is 0.522. The van der Waals surface area contributed by atoms with E-state index in [4.69, 9.17) is 9.47 Å². The minimum atomic E-state index is -4.43. The van der Waals surface area contributed by atoms with Crippen molar-refractivity contribution in [3.8, 4) is 11.5 Å². The molecule has 0 spiro atoms. The predicted molar refractivity (Wildman–Crippen MR) is 58.1 cm³/mol. The van der Waals surface area contributed by atoms with Crippen molar-refractivity contribution in [1.29, 1.82) is 0 Å². The second kappa shape index (κ2) is 5.16. The molecule has 0 aliphatic carbocycles. The van der Waals surface area contributed by atoms with E-state index in [9.17, 15) is 12.3 Å². The Morgan fingerprint density at radius 3 is 2.31 bits per heavy atom. The van der Waals surface area contributed by atoms with E-state index < -0.39 is 16.0 Å². The third-order valence-corrected chi connectivity index (χ3v) is 2.77. The highest BCUT2D eigenvalue weighted by Crippen LogP contribution is 2.27. The molecule has 90 valence electrons. The van der Waals surface area contributed by atoms with Crippen LogP contribution in [-0.2, 0) is 16.6 Å². The Hall–Kier alpha value is -1.30. The van der Waals surface area contributed by atoms with E-state index in [-0.39, 0.29) is 6.42 Å². The van der Waals surface area contributed by atoms with Crippen molar-refractivity contribution in [2.75, 3.05) is 20.0 Å². The van der Waals surface area contributed by atoms with Gasteiger partial charge in [-0.05, 0) is 24.1 Å². The average molecular weight is 248 g/mol. The van der Waals surface area contributed by atoms with Crippen LogP contribution in [0.4, 0.5) is 3.89 Å². The first-order chi connectivity index (χ1) is 7.46. The molecule has 0 fully saturated rings. The molecule has 1 aromatic rings. The van der Waals surface area contributed by atoms with E-state index in [1.807, 2.05) is 0 Å². The van der Waals surface area contributed by atoms with Gasteiger partial charge in [-0.2, -0.15) is 8.42 Å². The van der Waals surface area contributed by atoms with Crippen molar-refractivity contribution < 1.29 is 21.8 Å². The number of benzene rings is 1. The van der Waals surface area contributed by atoms with Gasteiger partial charge in [-0.1, -0.05) is 6.07 Å². The smallest absolute Gasteiger partial charge is 0.302 e. The average Bonchev–Trinajstić information content (AvgIpc) is 2.25. The van der Waals surface area contributed by atoms with Crippen molar-refractivity contribution in [2.24, 2.45) is 0 Å². The van der Waals surface area contributed by atoms with Gasteiger partial charge < -0.3 is 9.47 Å². The lowest BCUT2D eigenvalue weighted by molar-refractivity contribution is 0.354. The zero-order valence-electron chi connectivity index (χ0n) is 9.07. The number of hydrogen-bond acceptors (Lipinski definition) is 4. The maximum absolute atomic E-state index is 12.3. The molecular formula is C10H13FO4S. The summed E-state index contributed by atoms with van der Waals surface area (Å²) in [6.07, 6.45) is 0.110. The van der Waals surface area contributed by atoms with E-state index in [0.717, 1.165) is 0 Å². The van der Waals surface area contributed by atoms with Crippen LogP contribution in [0, 0.1) is 0 Å². The Morgan fingerprint density at radius 2 is 1.81 bits per heavy atom. The summed E-state index contributed by atoms with van der Waals surface area (Å²) < 4.78 is 43.1. The van der Waals surface area contributed by atoms with E-state index in [0.29, 0.717) is 17.1 Å². The van der Waals surface area contributed by atoms with Gasteiger partial charge in [0.2, 0.25) is 0 Å². The highest BCUT2D eigenvalue weighted by molar-refractivity contribution is 7.86. The summed E-state index contributed by atoms with van der Waals surface area (Å²) in [4.78, 5) is 0. The van der Waals surface area contributed by atoms with Crippen molar-refractivity contribution >= 4 is 10.2 Å². The number of hydrogen-bond donors (Lipinski definition) is 0. The van der Waals surface area contributed by atoms with Crippen molar-refractivity contribution in [1.82, 2.24) is 0 Å². The van der Waals surface area contributed by atoms with Gasteiger partial charge >= 0.3 is 10.2 Å². The molecule has 0 N–H and O–H groups in total. The topological polar surface area (TPSA) is 52.6 Å². The van der Waals surface area contributed by atoms with Crippen molar-refractivity contribution in [3.63, 3.8) is 0 Å². The zero-order chi connectivity index (χ0) is 12.2. The van der Waals surface area contributed by atoms with Crippen LogP contribution in [0.15, 0.2) is 18.2 Å². The number of halogens is 1. The van der Waals surface area contributed by atoms with Gasteiger partial charge in [0.1, 0.15) is 0 Å². The molecule has 0 radical (unpaired) electrons. The Kier molecular flexibility index (Phi) is 4.12. The van der Waals surface area contributed by atoms with Crippen LogP contribution in [0.2, 0.25) is 0 Å². The monoisotopic (exact) mass is 248 g/mol. The van der Waals surface area contributed by atoms with Crippen LogP contribution in [-0.4, -0.2) is 28.4 Å². The van der Waals surface area contributed by atoms with Crippen LogP contribution in [0.1, 0.15) is 5.56 Å². The minimum Gasteiger partial charge on any atom is -0.493 e. The maximum atomic E-state index is 12.3. The predicted octanol–water partition coefficient (Wildman–Crippen LogP) is 1.55. The van der Waals surface area contributed by atoms with Crippen molar-refractivity contribution in [3.05, 3.63) is 23.8 Å². The van der Waals surface area contributed by atoms with E-state index in [1.54, 1.807) is 18.2 Å². The molecule has 0 saturated heterocycles. The largest absolute Gasteiger partial charge is 0.493 e. The molecule has 0 bridgehead atoms. The Labute approximate surface area is 94.2 Å². The molecule has 16 heavy (non-hydrogen) atoms. The van der Waals surface area contributed by atoms with Crippen LogP contribution < -0.4 is 9.47 Å². The highest BCUT2D eigenvalue weighted by atomic mass is 32.3. The summed E-state index contributed by atoms with van der Waals surface area (Å²) in [6, 6.07) is 4.95. The zero-order valence-corrected chi connectivity index (χ0v) is 9.88. The van der Waals surface area contributed by atoms with Gasteiger partial charge in [-0.15, -0.1) is 3.89 Å². The molecule has 0 aliphatic heterocycles. The lowest BCUT2D eigenvalue weighted by atomic mass is 10.1. The molecule has 0 saturated carbocycles. The third-order valence-electron chi connectivity index (χ3n) is 2.08. The quantitative estimate of drug-likeness (QED) is 0.742. The molecular weight excluding hydrogens is 235 g/mol. The molecule has 0 heterocycles.